The van der Waals surface area contributed by atoms with Crippen molar-refractivity contribution >= 4 is 38.6 Å². The molecule has 0 spiro atoms. The third-order valence-corrected chi connectivity index (χ3v) is 4.98. The van der Waals surface area contributed by atoms with E-state index in [-0.39, 0.29) is 0 Å². The molecule has 0 radical (unpaired) electrons. The lowest BCUT2D eigenvalue weighted by atomic mass is 10.2. The summed E-state index contributed by atoms with van der Waals surface area (Å²) in [5.74, 6) is 0.690. The zero-order valence-electron chi connectivity index (χ0n) is 9.87. The molecular weight excluding hydrogens is 316 g/mol. The molecule has 0 fully saturated rings. The smallest absolute Gasteiger partial charge is 0.133 e. The van der Waals surface area contributed by atoms with Gasteiger partial charge in [0.05, 0.1) is 8.66 Å². The summed E-state index contributed by atoms with van der Waals surface area (Å²) >= 11 is 6.97. The van der Waals surface area contributed by atoms with Crippen molar-refractivity contribution < 1.29 is 0 Å². The average Bonchev–Trinajstić information content (AvgIpc) is 2.86. The normalized spacial score (nSPS) is 11.3. The molecule has 0 aromatic carbocycles. The van der Waals surface area contributed by atoms with Crippen LogP contribution in [0.4, 0.5) is 0 Å². The second-order valence-corrected chi connectivity index (χ2v) is 7.84. The molecule has 0 aliphatic heterocycles. The first-order chi connectivity index (χ1) is 8.15. The standard InChI is InChI=1S/C12H15BrN2S2/c1-8(2)5-14-6-9-7-15-12(16-9)10-3-4-11(13)17-10/h3-4,7-8,14H,5-6H2,1-2H3. The van der Waals surface area contributed by atoms with E-state index in [1.165, 1.54) is 9.75 Å². The van der Waals surface area contributed by atoms with Crippen LogP contribution < -0.4 is 5.32 Å². The third-order valence-electron chi connectivity index (χ3n) is 2.19. The molecule has 2 aromatic rings. The van der Waals surface area contributed by atoms with E-state index >= 15 is 0 Å². The van der Waals surface area contributed by atoms with Gasteiger partial charge in [0.2, 0.25) is 0 Å². The highest BCUT2D eigenvalue weighted by molar-refractivity contribution is 9.11. The second kappa shape index (κ2) is 6.09. The van der Waals surface area contributed by atoms with E-state index in [0.29, 0.717) is 5.92 Å². The summed E-state index contributed by atoms with van der Waals surface area (Å²) in [5, 5.41) is 4.55. The summed E-state index contributed by atoms with van der Waals surface area (Å²) in [5.41, 5.74) is 0. The van der Waals surface area contributed by atoms with Crippen molar-refractivity contribution in [3.8, 4) is 9.88 Å². The van der Waals surface area contributed by atoms with E-state index in [9.17, 15) is 0 Å². The highest BCUT2D eigenvalue weighted by atomic mass is 79.9. The summed E-state index contributed by atoms with van der Waals surface area (Å²) in [6.45, 7) is 6.41. The summed E-state index contributed by atoms with van der Waals surface area (Å²) in [7, 11) is 0. The topological polar surface area (TPSA) is 24.9 Å². The highest BCUT2D eigenvalue weighted by Crippen LogP contribution is 2.33. The van der Waals surface area contributed by atoms with Gasteiger partial charge >= 0.3 is 0 Å². The molecule has 0 saturated heterocycles. The molecule has 17 heavy (non-hydrogen) atoms. The van der Waals surface area contributed by atoms with Gasteiger partial charge in [-0.1, -0.05) is 13.8 Å². The lowest BCUT2D eigenvalue weighted by Crippen LogP contribution is -2.18. The van der Waals surface area contributed by atoms with Gasteiger partial charge in [-0.15, -0.1) is 22.7 Å². The van der Waals surface area contributed by atoms with Crippen LogP contribution in [-0.4, -0.2) is 11.5 Å². The number of thiazole rings is 1. The first-order valence-corrected chi connectivity index (χ1v) is 7.99. The van der Waals surface area contributed by atoms with Crippen LogP contribution in [0.3, 0.4) is 0 Å². The van der Waals surface area contributed by atoms with Crippen molar-refractivity contribution in [1.29, 1.82) is 0 Å². The molecule has 0 aliphatic rings. The first-order valence-electron chi connectivity index (χ1n) is 5.56. The Morgan fingerprint density at radius 3 is 2.82 bits per heavy atom. The molecule has 2 heterocycles. The quantitative estimate of drug-likeness (QED) is 0.879. The number of nitrogens with zero attached hydrogens (tertiary/aromatic N) is 1. The molecule has 0 unspecified atom stereocenters. The molecule has 1 N–H and O–H groups in total. The predicted molar refractivity (Wildman–Crippen MR) is 79.7 cm³/mol. The number of thiophene rings is 1. The Hall–Kier alpha value is -0.230. The van der Waals surface area contributed by atoms with Gasteiger partial charge in [0.15, 0.2) is 0 Å². The van der Waals surface area contributed by atoms with Crippen LogP contribution in [0.25, 0.3) is 9.88 Å². The molecule has 0 saturated carbocycles. The van der Waals surface area contributed by atoms with E-state index in [0.717, 1.165) is 21.9 Å². The molecule has 5 heteroatoms. The van der Waals surface area contributed by atoms with Crippen molar-refractivity contribution in [1.82, 2.24) is 10.3 Å². The summed E-state index contributed by atoms with van der Waals surface area (Å²) in [4.78, 5) is 7.00. The predicted octanol–water partition coefficient (Wildman–Crippen LogP) is 4.38. The lowest BCUT2D eigenvalue weighted by molar-refractivity contribution is 0.554. The minimum atomic E-state index is 0.690. The molecule has 0 bridgehead atoms. The highest BCUT2D eigenvalue weighted by Gasteiger charge is 2.07. The Labute approximate surface area is 118 Å². The molecule has 2 rings (SSSR count). The van der Waals surface area contributed by atoms with Crippen LogP contribution in [0, 0.1) is 5.92 Å². The van der Waals surface area contributed by atoms with E-state index in [4.69, 9.17) is 0 Å². The van der Waals surface area contributed by atoms with Crippen molar-refractivity contribution in [2.24, 2.45) is 5.92 Å². The Morgan fingerprint density at radius 1 is 1.35 bits per heavy atom. The van der Waals surface area contributed by atoms with E-state index < -0.39 is 0 Å². The van der Waals surface area contributed by atoms with Gasteiger partial charge in [-0.05, 0) is 40.5 Å². The molecule has 0 atom stereocenters. The van der Waals surface area contributed by atoms with Crippen LogP contribution in [0.5, 0.6) is 0 Å². The molecule has 0 aliphatic carbocycles. The molecular formula is C12H15BrN2S2. The van der Waals surface area contributed by atoms with Crippen molar-refractivity contribution in [3.05, 3.63) is 27.0 Å². The maximum Gasteiger partial charge on any atom is 0.133 e. The van der Waals surface area contributed by atoms with Crippen LogP contribution in [0.15, 0.2) is 22.1 Å². The van der Waals surface area contributed by atoms with Crippen LogP contribution in [0.2, 0.25) is 0 Å². The third kappa shape index (κ3) is 3.88. The number of halogens is 1. The number of hydrogen-bond acceptors (Lipinski definition) is 4. The van der Waals surface area contributed by atoms with E-state index in [2.05, 4.69) is 52.2 Å². The number of aromatic nitrogens is 1. The Balaban J connectivity index is 1.96. The fourth-order valence-electron chi connectivity index (χ4n) is 1.42. The number of rotatable bonds is 5. The van der Waals surface area contributed by atoms with Gasteiger partial charge in [0.25, 0.3) is 0 Å². The monoisotopic (exact) mass is 330 g/mol. The van der Waals surface area contributed by atoms with Gasteiger partial charge in [0, 0.05) is 17.6 Å². The van der Waals surface area contributed by atoms with Crippen LogP contribution in [0.1, 0.15) is 18.7 Å². The minimum Gasteiger partial charge on any atom is -0.312 e. The van der Waals surface area contributed by atoms with Gasteiger partial charge in [-0.25, -0.2) is 4.98 Å². The fraction of sp³-hybridized carbons (Fsp3) is 0.417. The largest absolute Gasteiger partial charge is 0.312 e. The van der Waals surface area contributed by atoms with Crippen molar-refractivity contribution in [2.75, 3.05) is 6.54 Å². The summed E-state index contributed by atoms with van der Waals surface area (Å²) in [6.07, 6.45) is 1.97. The summed E-state index contributed by atoms with van der Waals surface area (Å²) < 4.78 is 1.15. The lowest BCUT2D eigenvalue weighted by Gasteiger charge is -2.04. The van der Waals surface area contributed by atoms with E-state index in [1.807, 2.05) is 6.20 Å². The maximum atomic E-state index is 4.47. The van der Waals surface area contributed by atoms with Crippen molar-refractivity contribution in [2.45, 2.75) is 20.4 Å². The van der Waals surface area contributed by atoms with Gasteiger partial charge in [0.1, 0.15) is 5.01 Å². The molecule has 92 valence electrons. The van der Waals surface area contributed by atoms with Gasteiger partial charge in [-0.3, -0.25) is 0 Å². The Kier molecular flexibility index (Phi) is 4.73. The fourth-order valence-corrected chi connectivity index (χ4v) is 3.75. The van der Waals surface area contributed by atoms with E-state index in [1.54, 1.807) is 22.7 Å². The van der Waals surface area contributed by atoms with Crippen molar-refractivity contribution in [3.63, 3.8) is 0 Å². The average molecular weight is 331 g/mol. The zero-order chi connectivity index (χ0) is 12.3. The second-order valence-electron chi connectivity index (χ2n) is 4.26. The molecule has 2 aromatic heterocycles. The first kappa shape index (κ1) is 13.2. The Bertz CT molecular complexity index is 476. The van der Waals surface area contributed by atoms with Gasteiger partial charge < -0.3 is 5.32 Å². The van der Waals surface area contributed by atoms with Crippen LogP contribution in [-0.2, 0) is 6.54 Å². The zero-order valence-corrected chi connectivity index (χ0v) is 13.1. The molecule has 0 amide bonds. The minimum absolute atomic E-state index is 0.690. The van der Waals surface area contributed by atoms with Gasteiger partial charge in [-0.2, -0.15) is 0 Å². The number of hydrogen-bond donors (Lipinski definition) is 1. The SMILES string of the molecule is CC(C)CNCc1cnc(-c2ccc(Br)s2)s1. The maximum absolute atomic E-state index is 4.47. The Morgan fingerprint density at radius 2 is 2.18 bits per heavy atom. The van der Waals surface area contributed by atoms with Crippen LogP contribution >= 0.6 is 38.6 Å². The number of nitrogens with one attached hydrogen (secondary N) is 1. The summed E-state index contributed by atoms with van der Waals surface area (Å²) in [6, 6.07) is 4.18. The molecule has 2 nitrogen and oxygen atoms in total.